The van der Waals surface area contributed by atoms with Crippen molar-refractivity contribution in [2.45, 2.75) is 19.3 Å². The molecule has 0 spiro atoms. The highest BCUT2D eigenvalue weighted by molar-refractivity contribution is 9.10. The van der Waals surface area contributed by atoms with Crippen LogP contribution in [0.15, 0.2) is 34.9 Å². The molecule has 0 bridgehead atoms. The highest BCUT2D eigenvalue weighted by atomic mass is 79.9. The molecule has 0 radical (unpaired) electrons. The van der Waals surface area contributed by atoms with E-state index in [0.717, 1.165) is 6.26 Å². The highest BCUT2D eigenvalue weighted by Crippen LogP contribution is 2.34. The fraction of sp³-hybridized carbons (Fsp3) is 0.389. The van der Waals surface area contributed by atoms with Gasteiger partial charge < -0.3 is 9.47 Å². The van der Waals surface area contributed by atoms with Crippen molar-refractivity contribution in [3.05, 3.63) is 56.3 Å². The quantitative estimate of drug-likeness (QED) is 0.405. The van der Waals surface area contributed by atoms with E-state index in [-0.39, 0.29) is 23.6 Å². The van der Waals surface area contributed by atoms with Crippen molar-refractivity contribution in [1.29, 1.82) is 0 Å². The minimum atomic E-state index is -3.35. The van der Waals surface area contributed by atoms with Crippen molar-refractivity contribution < 1.29 is 22.8 Å². The lowest BCUT2D eigenvalue weighted by atomic mass is 9.94. The van der Waals surface area contributed by atoms with Gasteiger partial charge in [-0.25, -0.2) is 8.42 Å². The van der Waals surface area contributed by atoms with E-state index in [1.807, 2.05) is 6.92 Å². The molecular formula is C18H21BrN2O6S. The molecule has 28 heavy (non-hydrogen) atoms. The summed E-state index contributed by atoms with van der Waals surface area (Å²) < 4.78 is 35.3. The van der Waals surface area contributed by atoms with Crippen molar-refractivity contribution in [3.8, 4) is 11.5 Å². The van der Waals surface area contributed by atoms with E-state index in [4.69, 9.17) is 9.47 Å². The fourth-order valence-electron chi connectivity index (χ4n) is 2.86. The predicted octanol–water partition coefficient (Wildman–Crippen LogP) is 3.53. The Morgan fingerprint density at radius 3 is 2.57 bits per heavy atom. The standard InChI is InChI=1S/C18H21BrN2O6S/c1-4-27-18-8-12(5-6-17(18)26-2)13(11-28(3,24)25)7-15-16(21(22)23)9-14(19)10-20-15/h5-6,8-10,13H,4,7,11H2,1-3H3/t13-/m1/s1. The lowest BCUT2D eigenvalue weighted by Crippen LogP contribution is -2.17. The van der Waals surface area contributed by atoms with Crippen LogP contribution in [0.2, 0.25) is 0 Å². The number of nitro groups is 1. The van der Waals surface area contributed by atoms with Gasteiger partial charge in [-0.15, -0.1) is 0 Å². The Kier molecular flexibility index (Phi) is 7.36. The smallest absolute Gasteiger partial charge is 0.291 e. The summed E-state index contributed by atoms with van der Waals surface area (Å²) in [5, 5.41) is 11.4. The summed E-state index contributed by atoms with van der Waals surface area (Å²) in [4.78, 5) is 15.0. The molecule has 152 valence electrons. The lowest BCUT2D eigenvalue weighted by Gasteiger charge is -2.18. The molecule has 0 amide bonds. The second-order valence-corrected chi connectivity index (χ2v) is 9.31. The predicted molar refractivity (Wildman–Crippen MR) is 109 cm³/mol. The molecule has 0 aliphatic rings. The summed E-state index contributed by atoms with van der Waals surface area (Å²) in [5.74, 6) is 0.294. The van der Waals surface area contributed by atoms with Crippen LogP contribution in [0.25, 0.3) is 0 Å². The van der Waals surface area contributed by atoms with E-state index in [1.165, 1.54) is 19.4 Å². The first kappa shape index (κ1) is 22.1. The molecule has 0 aliphatic heterocycles. The molecule has 10 heteroatoms. The van der Waals surface area contributed by atoms with Crippen molar-refractivity contribution in [3.63, 3.8) is 0 Å². The maximum Gasteiger partial charge on any atom is 0.291 e. The van der Waals surface area contributed by atoms with Crippen molar-refractivity contribution in [1.82, 2.24) is 4.98 Å². The minimum Gasteiger partial charge on any atom is -0.493 e. The molecule has 0 aliphatic carbocycles. The van der Waals surface area contributed by atoms with Gasteiger partial charge in [-0.3, -0.25) is 15.1 Å². The van der Waals surface area contributed by atoms with E-state index in [0.29, 0.717) is 28.1 Å². The van der Waals surface area contributed by atoms with Gasteiger partial charge in [0.2, 0.25) is 0 Å². The molecule has 1 heterocycles. The van der Waals surface area contributed by atoms with Crippen LogP contribution in [0.4, 0.5) is 5.69 Å². The van der Waals surface area contributed by atoms with Gasteiger partial charge in [0.15, 0.2) is 11.5 Å². The summed E-state index contributed by atoms with van der Waals surface area (Å²) in [6.45, 7) is 2.24. The van der Waals surface area contributed by atoms with Crippen LogP contribution in [0.1, 0.15) is 24.1 Å². The van der Waals surface area contributed by atoms with Crippen LogP contribution >= 0.6 is 15.9 Å². The molecule has 2 rings (SSSR count). The van der Waals surface area contributed by atoms with Crippen LogP contribution in [-0.2, 0) is 16.3 Å². The molecule has 0 saturated heterocycles. The number of sulfone groups is 1. The summed E-state index contributed by atoms with van der Waals surface area (Å²) >= 11 is 3.17. The molecule has 1 aromatic heterocycles. The van der Waals surface area contributed by atoms with Crippen LogP contribution in [0.3, 0.4) is 0 Å². The van der Waals surface area contributed by atoms with E-state index in [2.05, 4.69) is 20.9 Å². The number of halogens is 1. The summed E-state index contributed by atoms with van der Waals surface area (Å²) in [5.41, 5.74) is 0.732. The van der Waals surface area contributed by atoms with Gasteiger partial charge in [-0.1, -0.05) is 6.07 Å². The SMILES string of the molecule is CCOc1cc([C@H](Cc2ncc(Br)cc2[N+](=O)[O-])CS(C)(=O)=O)ccc1OC. The number of benzene rings is 1. The van der Waals surface area contributed by atoms with Crippen LogP contribution in [0, 0.1) is 10.1 Å². The molecule has 0 fully saturated rings. The zero-order valence-corrected chi connectivity index (χ0v) is 18.1. The van der Waals surface area contributed by atoms with Gasteiger partial charge >= 0.3 is 0 Å². The van der Waals surface area contributed by atoms with Gasteiger partial charge in [0, 0.05) is 35.3 Å². The Hall–Kier alpha value is -2.20. The molecule has 0 saturated carbocycles. The maximum absolute atomic E-state index is 12.0. The van der Waals surface area contributed by atoms with Crippen LogP contribution in [0.5, 0.6) is 11.5 Å². The first-order valence-corrected chi connectivity index (χ1v) is 11.3. The Labute approximate surface area is 172 Å². The average Bonchev–Trinajstić information content (AvgIpc) is 2.61. The first-order chi connectivity index (χ1) is 13.1. The third kappa shape index (κ3) is 5.90. The van der Waals surface area contributed by atoms with E-state index < -0.39 is 20.7 Å². The zero-order chi connectivity index (χ0) is 20.9. The molecule has 1 aromatic carbocycles. The average molecular weight is 473 g/mol. The number of methoxy groups -OCH3 is 1. The third-order valence-electron chi connectivity index (χ3n) is 4.01. The van der Waals surface area contributed by atoms with E-state index >= 15 is 0 Å². The molecule has 2 aromatic rings. The monoisotopic (exact) mass is 472 g/mol. The molecular weight excluding hydrogens is 452 g/mol. The number of aromatic nitrogens is 1. The second kappa shape index (κ2) is 9.33. The van der Waals surface area contributed by atoms with Gasteiger partial charge in [0.25, 0.3) is 5.69 Å². The van der Waals surface area contributed by atoms with Gasteiger partial charge in [0.1, 0.15) is 15.5 Å². The molecule has 8 nitrogen and oxygen atoms in total. The van der Waals surface area contributed by atoms with Crippen molar-refractivity contribution in [2.24, 2.45) is 0 Å². The largest absolute Gasteiger partial charge is 0.493 e. The number of hydrogen-bond donors (Lipinski definition) is 0. The van der Waals surface area contributed by atoms with Crippen molar-refractivity contribution >= 4 is 31.5 Å². The molecule has 0 unspecified atom stereocenters. The van der Waals surface area contributed by atoms with Crippen molar-refractivity contribution in [2.75, 3.05) is 25.7 Å². The Balaban J connectivity index is 2.50. The zero-order valence-electron chi connectivity index (χ0n) is 15.7. The fourth-order valence-corrected chi connectivity index (χ4v) is 4.22. The number of rotatable bonds is 9. The first-order valence-electron chi connectivity index (χ1n) is 8.41. The topological polar surface area (TPSA) is 109 Å². The lowest BCUT2D eigenvalue weighted by molar-refractivity contribution is -0.386. The normalized spacial score (nSPS) is 12.4. The second-order valence-electron chi connectivity index (χ2n) is 6.21. The number of nitrogens with zero attached hydrogens (tertiary/aromatic N) is 2. The Morgan fingerprint density at radius 1 is 1.29 bits per heavy atom. The van der Waals surface area contributed by atoms with E-state index in [9.17, 15) is 18.5 Å². The number of hydrogen-bond acceptors (Lipinski definition) is 7. The number of pyridine rings is 1. The Morgan fingerprint density at radius 2 is 2.00 bits per heavy atom. The maximum atomic E-state index is 12.0. The molecule has 0 N–H and O–H groups in total. The van der Waals surface area contributed by atoms with Crippen LogP contribution in [-0.4, -0.2) is 44.1 Å². The van der Waals surface area contributed by atoms with Gasteiger partial charge in [-0.05, 0) is 40.5 Å². The number of ether oxygens (including phenoxy) is 2. The van der Waals surface area contributed by atoms with Gasteiger partial charge in [0.05, 0.1) is 24.4 Å². The summed E-state index contributed by atoms with van der Waals surface area (Å²) in [7, 11) is -1.84. The Bertz CT molecular complexity index is 965. The minimum absolute atomic E-state index is 0.0918. The van der Waals surface area contributed by atoms with Crippen LogP contribution < -0.4 is 9.47 Å². The van der Waals surface area contributed by atoms with E-state index in [1.54, 1.807) is 18.2 Å². The summed E-state index contributed by atoms with van der Waals surface area (Å²) in [6.07, 6.45) is 2.68. The summed E-state index contributed by atoms with van der Waals surface area (Å²) in [6, 6.07) is 6.50. The van der Waals surface area contributed by atoms with Gasteiger partial charge in [-0.2, -0.15) is 0 Å². The third-order valence-corrected chi connectivity index (χ3v) is 5.45. The highest BCUT2D eigenvalue weighted by Gasteiger charge is 2.25. The molecule has 1 atom stereocenters.